The minimum atomic E-state index is -1.29. The Morgan fingerprint density at radius 1 is 1.10 bits per heavy atom. The fourth-order valence-corrected chi connectivity index (χ4v) is 3.64. The highest BCUT2D eigenvalue weighted by atomic mass is 35.5. The number of hydrogen-bond donors (Lipinski definition) is 2. The average Bonchev–Trinajstić information content (AvgIpc) is 2.94. The van der Waals surface area contributed by atoms with Gasteiger partial charge in [-0.1, -0.05) is 48.0 Å². The minimum Gasteiger partial charge on any atom is -0.324 e. The maximum Gasteiger partial charge on any atom is 0.325 e. The first-order valence-electron chi connectivity index (χ1n) is 9.16. The molecule has 1 aliphatic rings. The molecule has 2 N–H and O–H groups in total. The van der Waals surface area contributed by atoms with Gasteiger partial charge in [0, 0.05) is 5.69 Å². The van der Waals surface area contributed by atoms with Crippen molar-refractivity contribution in [1.29, 1.82) is 0 Å². The van der Waals surface area contributed by atoms with Gasteiger partial charge in [0.15, 0.2) is 0 Å². The predicted octanol–water partition coefficient (Wildman–Crippen LogP) is 4.04. The van der Waals surface area contributed by atoms with Crippen molar-refractivity contribution < 1.29 is 18.8 Å². The molecule has 1 saturated heterocycles. The minimum absolute atomic E-state index is 0.147. The molecule has 1 unspecified atom stereocenters. The Balaban J connectivity index is 1.53. The SMILES string of the molecule is CC1(c2ccc3ccccc3c2)NC(=O)N(CC(=O)Nc2ccc(F)c(Cl)c2)C1=O. The fourth-order valence-electron chi connectivity index (χ4n) is 3.45. The van der Waals surface area contributed by atoms with Gasteiger partial charge in [0.2, 0.25) is 5.91 Å². The van der Waals surface area contributed by atoms with E-state index in [1.807, 2.05) is 36.4 Å². The summed E-state index contributed by atoms with van der Waals surface area (Å²) in [5.74, 6) is -1.76. The first-order chi connectivity index (χ1) is 14.3. The smallest absolute Gasteiger partial charge is 0.324 e. The Morgan fingerprint density at radius 3 is 2.57 bits per heavy atom. The van der Waals surface area contributed by atoms with Crippen molar-refractivity contribution in [2.24, 2.45) is 0 Å². The number of rotatable bonds is 4. The third-order valence-electron chi connectivity index (χ3n) is 5.11. The van der Waals surface area contributed by atoms with Crippen molar-refractivity contribution in [2.45, 2.75) is 12.5 Å². The van der Waals surface area contributed by atoms with Crippen LogP contribution in [0, 0.1) is 5.82 Å². The summed E-state index contributed by atoms with van der Waals surface area (Å²) in [5, 5.41) is 6.99. The van der Waals surface area contributed by atoms with E-state index in [1.54, 1.807) is 13.0 Å². The molecule has 3 aromatic rings. The number of hydrogen-bond acceptors (Lipinski definition) is 3. The maximum absolute atomic E-state index is 13.3. The zero-order chi connectivity index (χ0) is 21.5. The lowest BCUT2D eigenvalue weighted by Gasteiger charge is -2.22. The summed E-state index contributed by atoms with van der Waals surface area (Å²) in [4.78, 5) is 38.7. The highest BCUT2D eigenvalue weighted by Gasteiger charge is 2.49. The average molecular weight is 426 g/mol. The number of nitrogens with one attached hydrogen (secondary N) is 2. The molecular formula is C22H17ClFN3O3. The van der Waals surface area contributed by atoms with E-state index >= 15 is 0 Å². The van der Waals surface area contributed by atoms with Gasteiger partial charge in [-0.3, -0.25) is 14.5 Å². The molecule has 0 spiro atoms. The quantitative estimate of drug-likeness (QED) is 0.619. The molecule has 6 nitrogen and oxygen atoms in total. The molecule has 1 atom stereocenters. The van der Waals surface area contributed by atoms with E-state index in [0.717, 1.165) is 21.7 Å². The molecule has 0 saturated carbocycles. The zero-order valence-electron chi connectivity index (χ0n) is 15.9. The van der Waals surface area contributed by atoms with E-state index in [1.165, 1.54) is 12.1 Å². The number of urea groups is 1. The Morgan fingerprint density at radius 2 is 1.83 bits per heavy atom. The maximum atomic E-state index is 13.3. The van der Waals surface area contributed by atoms with Gasteiger partial charge in [0.05, 0.1) is 5.02 Å². The number of benzene rings is 3. The second kappa shape index (κ2) is 7.42. The van der Waals surface area contributed by atoms with Gasteiger partial charge >= 0.3 is 6.03 Å². The Labute approximate surface area is 176 Å². The summed E-state index contributed by atoms with van der Waals surface area (Å²) in [7, 11) is 0. The normalized spacial score (nSPS) is 18.6. The Hall–Kier alpha value is -3.45. The number of anilines is 1. The highest BCUT2D eigenvalue weighted by Crippen LogP contribution is 2.31. The molecule has 3 aromatic carbocycles. The summed E-state index contributed by atoms with van der Waals surface area (Å²) in [6, 6.07) is 16.2. The van der Waals surface area contributed by atoms with Gasteiger partial charge in [0.25, 0.3) is 5.91 Å². The summed E-state index contributed by atoms with van der Waals surface area (Å²) >= 11 is 5.71. The van der Waals surface area contributed by atoms with Crippen LogP contribution < -0.4 is 10.6 Å². The first-order valence-corrected chi connectivity index (χ1v) is 9.54. The van der Waals surface area contributed by atoms with Gasteiger partial charge in [-0.15, -0.1) is 0 Å². The van der Waals surface area contributed by atoms with Crippen LogP contribution in [0.2, 0.25) is 5.02 Å². The number of amides is 4. The summed E-state index contributed by atoms with van der Waals surface area (Å²) in [6.07, 6.45) is 0. The molecule has 0 aliphatic carbocycles. The number of fused-ring (bicyclic) bond motifs is 1. The number of imide groups is 1. The Kier molecular flexibility index (Phi) is 4.91. The molecule has 0 bridgehead atoms. The molecular weight excluding hydrogens is 409 g/mol. The van der Waals surface area contributed by atoms with Gasteiger partial charge in [-0.05, 0) is 47.5 Å². The largest absolute Gasteiger partial charge is 0.325 e. The highest BCUT2D eigenvalue weighted by molar-refractivity contribution is 6.31. The van der Waals surface area contributed by atoms with Crippen molar-refractivity contribution in [3.8, 4) is 0 Å². The van der Waals surface area contributed by atoms with Gasteiger partial charge in [-0.2, -0.15) is 0 Å². The van der Waals surface area contributed by atoms with Crippen LogP contribution in [0.3, 0.4) is 0 Å². The lowest BCUT2D eigenvalue weighted by atomic mass is 9.90. The van der Waals surface area contributed by atoms with Gasteiger partial charge in [-0.25, -0.2) is 9.18 Å². The van der Waals surface area contributed by atoms with Crippen LogP contribution in [0.25, 0.3) is 10.8 Å². The van der Waals surface area contributed by atoms with Crippen LogP contribution in [0.15, 0.2) is 60.7 Å². The molecule has 152 valence electrons. The summed E-state index contributed by atoms with van der Waals surface area (Å²) < 4.78 is 13.3. The fraction of sp³-hybridized carbons (Fsp3) is 0.136. The lowest BCUT2D eigenvalue weighted by molar-refractivity contribution is -0.133. The van der Waals surface area contributed by atoms with E-state index in [2.05, 4.69) is 10.6 Å². The van der Waals surface area contributed by atoms with Gasteiger partial charge in [0.1, 0.15) is 17.9 Å². The number of halogens is 2. The van der Waals surface area contributed by atoms with E-state index in [9.17, 15) is 18.8 Å². The van der Waals surface area contributed by atoms with Crippen LogP contribution in [-0.2, 0) is 15.1 Å². The summed E-state index contributed by atoms with van der Waals surface area (Å²) in [6.45, 7) is 1.12. The second-order valence-electron chi connectivity index (χ2n) is 7.19. The molecule has 30 heavy (non-hydrogen) atoms. The van der Waals surface area contributed by atoms with Crippen LogP contribution in [0.5, 0.6) is 0 Å². The number of carbonyl (C=O) groups is 3. The van der Waals surface area contributed by atoms with E-state index < -0.39 is 35.7 Å². The van der Waals surface area contributed by atoms with Crippen molar-refractivity contribution >= 4 is 45.9 Å². The molecule has 1 heterocycles. The summed E-state index contributed by atoms with van der Waals surface area (Å²) in [5.41, 5.74) is -0.413. The lowest BCUT2D eigenvalue weighted by Crippen LogP contribution is -2.42. The first kappa shape index (κ1) is 19.8. The third-order valence-corrected chi connectivity index (χ3v) is 5.40. The van der Waals surface area contributed by atoms with E-state index in [0.29, 0.717) is 5.56 Å². The zero-order valence-corrected chi connectivity index (χ0v) is 16.7. The molecule has 1 aliphatic heterocycles. The van der Waals surface area contributed by atoms with Crippen LogP contribution >= 0.6 is 11.6 Å². The monoisotopic (exact) mass is 425 g/mol. The molecule has 0 radical (unpaired) electrons. The predicted molar refractivity (Wildman–Crippen MR) is 112 cm³/mol. The topological polar surface area (TPSA) is 78.5 Å². The number of carbonyl (C=O) groups excluding carboxylic acids is 3. The third kappa shape index (κ3) is 3.48. The van der Waals surface area contributed by atoms with Crippen LogP contribution in [-0.4, -0.2) is 29.3 Å². The van der Waals surface area contributed by atoms with E-state index in [-0.39, 0.29) is 10.7 Å². The Bertz CT molecular complexity index is 1200. The molecule has 4 amide bonds. The van der Waals surface area contributed by atoms with Crippen molar-refractivity contribution in [1.82, 2.24) is 10.2 Å². The second-order valence-corrected chi connectivity index (χ2v) is 7.59. The standard InChI is InChI=1S/C22H17ClFN3O3/c1-22(15-7-6-13-4-2-3-5-14(13)10-15)20(29)27(21(30)26-22)12-19(28)25-16-8-9-18(24)17(23)11-16/h2-11H,12H2,1H3,(H,25,28)(H,26,30). The van der Waals surface area contributed by atoms with Crippen LogP contribution in [0.4, 0.5) is 14.9 Å². The van der Waals surface area contributed by atoms with Gasteiger partial charge < -0.3 is 10.6 Å². The van der Waals surface area contributed by atoms with Crippen molar-refractivity contribution in [2.75, 3.05) is 11.9 Å². The van der Waals surface area contributed by atoms with Crippen molar-refractivity contribution in [3.63, 3.8) is 0 Å². The molecule has 4 rings (SSSR count). The number of nitrogens with zero attached hydrogens (tertiary/aromatic N) is 1. The molecule has 8 heteroatoms. The van der Waals surface area contributed by atoms with Crippen molar-refractivity contribution in [3.05, 3.63) is 77.1 Å². The molecule has 1 fully saturated rings. The van der Waals surface area contributed by atoms with Crippen LogP contribution in [0.1, 0.15) is 12.5 Å². The van der Waals surface area contributed by atoms with E-state index in [4.69, 9.17) is 11.6 Å². The molecule has 0 aromatic heterocycles.